The van der Waals surface area contributed by atoms with Gasteiger partial charge in [-0.05, 0) is 12.0 Å². The molecule has 1 aromatic rings. The Labute approximate surface area is 111 Å². The van der Waals surface area contributed by atoms with Gasteiger partial charge in [0.25, 0.3) is 5.69 Å². The van der Waals surface area contributed by atoms with Crippen molar-refractivity contribution < 1.29 is 4.92 Å². The van der Waals surface area contributed by atoms with Crippen LogP contribution in [-0.2, 0) is 6.54 Å². The highest BCUT2D eigenvalue weighted by Crippen LogP contribution is 2.29. The van der Waals surface area contributed by atoms with Crippen LogP contribution in [0.15, 0.2) is 18.2 Å². The predicted octanol–water partition coefficient (Wildman–Crippen LogP) is 2.03. The van der Waals surface area contributed by atoms with Crippen molar-refractivity contribution in [3.8, 4) is 0 Å². The van der Waals surface area contributed by atoms with Crippen LogP contribution in [0.5, 0.6) is 0 Å². The molecule has 1 heterocycles. The molecular weight excluding hydrogens is 254 g/mol. The first-order chi connectivity index (χ1) is 8.49. The van der Waals surface area contributed by atoms with Gasteiger partial charge >= 0.3 is 0 Å². The summed E-state index contributed by atoms with van der Waals surface area (Å²) in [5.41, 5.74) is 6.60. The van der Waals surface area contributed by atoms with Crippen LogP contribution < -0.4 is 5.73 Å². The van der Waals surface area contributed by atoms with E-state index < -0.39 is 0 Å². The summed E-state index contributed by atoms with van der Waals surface area (Å²) in [5.74, 6) is 0.409. The Morgan fingerprint density at radius 3 is 2.83 bits per heavy atom. The standard InChI is InChI=1S/C12H16ClN3O2/c1-8-5-15(7-11(8)14)6-9-10(13)3-2-4-12(9)16(17)18/h2-4,8,11H,5-7,14H2,1H3. The second-order valence-electron chi connectivity index (χ2n) is 4.83. The van der Waals surface area contributed by atoms with Gasteiger partial charge < -0.3 is 5.73 Å². The van der Waals surface area contributed by atoms with E-state index in [1.165, 1.54) is 6.07 Å². The van der Waals surface area contributed by atoms with Crippen LogP contribution in [-0.4, -0.2) is 29.0 Å². The summed E-state index contributed by atoms with van der Waals surface area (Å²) < 4.78 is 0. The molecule has 0 aliphatic carbocycles. The third-order valence-electron chi connectivity index (χ3n) is 3.42. The number of hydrogen-bond donors (Lipinski definition) is 1. The lowest BCUT2D eigenvalue weighted by atomic mass is 10.1. The first-order valence-corrected chi connectivity index (χ1v) is 6.26. The highest BCUT2D eigenvalue weighted by Gasteiger charge is 2.28. The molecule has 1 aliphatic rings. The molecule has 0 bridgehead atoms. The SMILES string of the molecule is CC1CN(Cc2c(Cl)cccc2[N+](=O)[O-])CC1N. The summed E-state index contributed by atoms with van der Waals surface area (Å²) in [7, 11) is 0. The van der Waals surface area contributed by atoms with Gasteiger partial charge in [0.15, 0.2) is 0 Å². The molecule has 2 N–H and O–H groups in total. The van der Waals surface area contributed by atoms with E-state index in [1.54, 1.807) is 12.1 Å². The third-order valence-corrected chi connectivity index (χ3v) is 3.77. The Morgan fingerprint density at radius 2 is 2.28 bits per heavy atom. The zero-order valence-electron chi connectivity index (χ0n) is 10.2. The molecule has 2 rings (SSSR count). The van der Waals surface area contributed by atoms with Crippen LogP contribution >= 0.6 is 11.6 Å². The van der Waals surface area contributed by atoms with Gasteiger partial charge in [0.05, 0.1) is 15.5 Å². The summed E-state index contributed by atoms with van der Waals surface area (Å²) in [6.45, 7) is 4.17. The molecule has 6 heteroatoms. The van der Waals surface area contributed by atoms with Crippen molar-refractivity contribution in [2.45, 2.75) is 19.5 Å². The molecule has 0 radical (unpaired) electrons. The monoisotopic (exact) mass is 269 g/mol. The number of likely N-dealkylation sites (tertiary alicyclic amines) is 1. The minimum absolute atomic E-state index is 0.0793. The van der Waals surface area contributed by atoms with Crippen LogP contribution in [0.25, 0.3) is 0 Å². The maximum atomic E-state index is 11.0. The van der Waals surface area contributed by atoms with E-state index in [0.717, 1.165) is 13.1 Å². The van der Waals surface area contributed by atoms with Crippen molar-refractivity contribution in [2.24, 2.45) is 11.7 Å². The van der Waals surface area contributed by atoms with Crippen molar-refractivity contribution in [3.63, 3.8) is 0 Å². The number of benzene rings is 1. The van der Waals surface area contributed by atoms with Crippen molar-refractivity contribution in [1.82, 2.24) is 4.90 Å². The second kappa shape index (κ2) is 5.22. The van der Waals surface area contributed by atoms with E-state index in [4.69, 9.17) is 17.3 Å². The maximum absolute atomic E-state index is 11.0. The molecule has 1 saturated heterocycles. The zero-order chi connectivity index (χ0) is 13.3. The van der Waals surface area contributed by atoms with Crippen LogP contribution in [0.3, 0.4) is 0 Å². The Kier molecular flexibility index (Phi) is 3.85. The predicted molar refractivity (Wildman–Crippen MR) is 70.5 cm³/mol. The van der Waals surface area contributed by atoms with E-state index in [-0.39, 0.29) is 16.7 Å². The molecule has 2 atom stereocenters. The van der Waals surface area contributed by atoms with Gasteiger partial charge in [-0.2, -0.15) is 0 Å². The summed E-state index contributed by atoms with van der Waals surface area (Å²) in [4.78, 5) is 12.7. The average molecular weight is 270 g/mol. The van der Waals surface area contributed by atoms with Crippen LogP contribution in [0.1, 0.15) is 12.5 Å². The number of nitrogens with two attached hydrogens (primary N) is 1. The second-order valence-corrected chi connectivity index (χ2v) is 5.24. The van der Waals surface area contributed by atoms with Gasteiger partial charge in [-0.3, -0.25) is 15.0 Å². The van der Waals surface area contributed by atoms with Crippen molar-refractivity contribution in [3.05, 3.63) is 38.9 Å². The van der Waals surface area contributed by atoms with Gasteiger partial charge in [-0.25, -0.2) is 0 Å². The maximum Gasteiger partial charge on any atom is 0.275 e. The largest absolute Gasteiger partial charge is 0.326 e. The molecule has 98 valence electrons. The van der Waals surface area contributed by atoms with Gasteiger partial charge in [0.1, 0.15) is 0 Å². The first kappa shape index (κ1) is 13.3. The highest BCUT2D eigenvalue weighted by molar-refractivity contribution is 6.31. The average Bonchev–Trinajstić information content (AvgIpc) is 2.60. The van der Waals surface area contributed by atoms with E-state index in [1.807, 2.05) is 0 Å². The number of rotatable bonds is 3. The Bertz CT molecular complexity index is 457. The number of halogens is 1. The van der Waals surface area contributed by atoms with Crippen LogP contribution in [0.2, 0.25) is 5.02 Å². The lowest BCUT2D eigenvalue weighted by Crippen LogP contribution is -2.28. The summed E-state index contributed by atoms with van der Waals surface area (Å²) in [5, 5.41) is 11.4. The van der Waals surface area contributed by atoms with Crippen molar-refractivity contribution in [1.29, 1.82) is 0 Å². The van der Waals surface area contributed by atoms with Gasteiger partial charge in [0.2, 0.25) is 0 Å². The molecule has 1 aromatic carbocycles. The topological polar surface area (TPSA) is 72.4 Å². The normalized spacial score (nSPS) is 24.4. The fraction of sp³-hybridized carbons (Fsp3) is 0.500. The summed E-state index contributed by atoms with van der Waals surface area (Å²) in [6.07, 6.45) is 0. The van der Waals surface area contributed by atoms with E-state index in [2.05, 4.69) is 11.8 Å². The Hall–Kier alpha value is -1.17. The smallest absolute Gasteiger partial charge is 0.275 e. The molecule has 2 unspecified atom stereocenters. The minimum atomic E-state index is -0.388. The molecule has 0 spiro atoms. The Morgan fingerprint density at radius 1 is 1.56 bits per heavy atom. The van der Waals surface area contributed by atoms with Crippen LogP contribution in [0, 0.1) is 16.0 Å². The number of nitrogens with zero attached hydrogens (tertiary/aromatic N) is 2. The fourth-order valence-electron chi connectivity index (χ4n) is 2.32. The van der Waals surface area contributed by atoms with Gasteiger partial charge in [-0.1, -0.05) is 24.6 Å². The lowest BCUT2D eigenvalue weighted by molar-refractivity contribution is -0.385. The van der Waals surface area contributed by atoms with Gasteiger partial charge in [-0.15, -0.1) is 0 Å². The van der Waals surface area contributed by atoms with Gasteiger partial charge in [0, 0.05) is 31.7 Å². The molecule has 1 fully saturated rings. The first-order valence-electron chi connectivity index (χ1n) is 5.88. The number of nitro groups is 1. The summed E-state index contributed by atoms with van der Waals surface area (Å²) >= 11 is 6.06. The highest BCUT2D eigenvalue weighted by atomic mass is 35.5. The lowest BCUT2D eigenvalue weighted by Gasteiger charge is -2.16. The Balaban J connectivity index is 2.21. The number of hydrogen-bond acceptors (Lipinski definition) is 4. The van der Waals surface area contributed by atoms with E-state index in [0.29, 0.717) is 23.0 Å². The van der Waals surface area contributed by atoms with Crippen molar-refractivity contribution >= 4 is 17.3 Å². The van der Waals surface area contributed by atoms with E-state index >= 15 is 0 Å². The zero-order valence-corrected chi connectivity index (χ0v) is 10.9. The number of nitro benzene ring substituents is 1. The third kappa shape index (κ3) is 2.63. The molecule has 0 amide bonds. The van der Waals surface area contributed by atoms with Crippen LogP contribution in [0.4, 0.5) is 5.69 Å². The molecule has 0 saturated carbocycles. The summed E-state index contributed by atoms with van der Waals surface area (Å²) in [6, 6.07) is 4.90. The molecule has 0 aromatic heterocycles. The van der Waals surface area contributed by atoms with E-state index in [9.17, 15) is 10.1 Å². The molecule has 5 nitrogen and oxygen atoms in total. The fourth-order valence-corrected chi connectivity index (χ4v) is 2.55. The minimum Gasteiger partial charge on any atom is -0.326 e. The quantitative estimate of drug-likeness (QED) is 0.673. The van der Waals surface area contributed by atoms with Crippen molar-refractivity contribution in [2.75, 3.05) is 13.1 Å². The molecule has 1 aliphatic heterocycles. The molecule has 18 heavy (non-hydrogen) atoms. The molecular formula is C12H16ClN3O2.